The molecule has 0 aliphatic rings. The van der Waals surface area contributed by atoms with E-state index >= 15 is 0 Å². The molecule has 0 bridgehead atoms. The maximum atomic E-state index is 12.7. The van der Waals surface area contributed by atoms with E-state index in [4.69, 9.17) is 4.12 Å². The van der Waals surface area contributed by atoms with Gasteiger partial charge in [-0.25, -0.2) is 0 Å². The van der Waals surface area contributed by atoms with Crippen LogP contribution in [0.1, 0.15) is 13.8 Å². The molecule has 0 fully saturated rings. The molecule has 0 spiro atoms. The zero-order valence-electron chi connectivity index (χ0n) is 12.0. The third-order valence-electron chi connectivity index (χ3n) is 3.92. The van der Waals surface area contributed by atoms with E-state index in [-0.39, 0.29) is 24.2 Å². The minimum atomic E-state index is -2.52. The Bertz CT molecular complexity index is 198. The Kier molecular flexibility index (Phi) is 9.99. The molecule has 0 heterocycles. The van der Waals surface area contributed by atoms with Gasteiger partial charge < -0.3 is 4.12 Å². The maximum absolute atomic E-state index is 12.7. The molecule has 0 saturated heterocycles. The van der Waals surface area contributed by atoms with Crippen LogP contribution in [0.4, 0.5) is 17.6 Å². The second-order valence-corrected chi connectivity index (χ2v) is 13.9. The van der Waals surface area contributed by atoms with Crippen LogP contribution < -0.4 is 0 Å². The van der Waals surface area contributed by atoms with E-state index in [2.05, 4.69) is 0 Å². The van der Waals surface area contributed by atoms with Crippen molar-refractivity contribution in [3.63, 3.8) is 0 Å². The van der Waals surface area contributed by atoms with E-state index in [0.717, 1.165) is 0 Å². The fourth-order valence-corrected chi connectivity index (χ4v) is 12.2. The standard InChI is InChI=1S/C12H26F4OSi2/c1-3-18(9-5-13,10-6-14)17-19(4-2,11-7-15)12-8-16/h3-12H2,1-2H3. The highest BCUT2D eigenvalue weighted by molar-refractivity contribution is 6.87. The van der Waals surface area contributed by atoms with E-state index in [0.29, 0.717) is 12.1 Å². The lowest BCUT2D eigenvalue weighted by Crippen LogP contribution is -2.52. The van der Waals surface area contributed by atoms with Crippen LogP contribution >= 0.6 is 0 Å². The van der Waals surface area contributed by atoms with Gasteiger partial charge in [-0.15, -0.1) is 0 Å². The van der Waals surface area contributed by atoms with E-state index in [1.54, 1.807) is 0 Å². The molecule has 0 aromatic heterocycles. The minimum absolute atomic E-state index is 0.237. The topological polar surface area (TPSA) is 9.23 Å². The second-order valence-electron chi connectivity index (χ2n) is 4.93. The monoisotopic (exact) mass is 318 g/mol. The Morgan fingerprint density at radius 1 is 0.632 bits per heavy atom. The summed E-state index contributed by atoms with van der Waals surface area (Å²) in [6, 6.07) is 2.16. The summed E-state index contributed by atoms with van der Waals surface area (Å²) in [5, 5.41) is 0. The normalized spacial score (nSPS) is 12.9. The highest BCUT2D eigenvalue weighted by Crippen LogP contribution is 2.33. The molecule has 0 radical (unpaired) electrons. The van der Waals surface area contributed by atoms with Crippen molar-refractivity contribution in [3.05, 3.63) is 0 Å². The van der Waals surface area contributed by atoms with Gasteiger partial charge in [0.25, 0.3) is 0 Å². The molecule has 0 amide bonds. The van der Waals surface area contributed by atoms with Gasteiger partial charge in [0.1, 0.15) is 0 Å². The first-order valence-corrected chi connectivity index (χ1v) is 12.1. The third kappa shape index (κ3) is 5.95. The maximum Gasteiger partial charge on any atom is 0.184 e. The zero-order chi connectivity index (χ0) is 14.8. The summed E-state index contributed by atoms with van der Waals surface area (Å²) < 4.78 is 57.2. The van der Waals surface area contributed by atoms with Crippen molar-refractivity contribution < 1.29 is 21.7 Å². The van der Waals surface area contributed by atoms with Crippen LogP contribution in [0.2, 0.25) is 36.3 Å². The highest BCUT2D eigenvalue weighted by Gasteiger charge is 2.43. The molecule has 0 unspecified atom stereocenters. The molecule has 0 aromatic rings. The highest BCUT2D eigenvalue weighted by atomic mass is 28.4. The second kappa shape index (κ2) is 9.93. The van der Waals surface area contributed by atoms with Crippen LogP contribution in [0, 0.1) is 0 Å². The van der Waals surface area contributed by atoms with Gasteiger partial charge in [0.15, 0.2) is 16.6 Å². The Balaban J connectivity index is 5.08. The van der Waals surface area contributed by atoms with Crippen LogP contribution in [-0.2, 0) is 4.12 Å². The van der Waals surface area contributed by atoms with Crippen molar-refractivity contribution in [2.75, 3.05) is 26.7 Å². The molecule has 0 N–H and O–H groups in total. The molecule has 19 heavy (non-hydrogen) atoms. The van der Waals surface area contributed by atoms with Crippen LogP contribution in [0.5, 0.6) is 0 Å². The average Bonchev–Trinajstić information content (AvgIpc) is 2.39. The average molecular weight is 319 g/mol. The van der Waals surface area contributed by atoms with E-state index < -0.39 is 43.3 Å². The lowest BCUT2D eigenvalue weighted by molar-refractivity contribution is 0.423. The quantitative estimate of drug-likeness (QED) is 0.370. The SMILES string of the molecule is CC[Si](CCF)(CCF)O[Si](CC)(CCF)CCF. The van der Waals surface area contributed by atoms with Gasteiger partial charge >= 0.3 is 0 Å². The van der Waals surface area contributed by atoms with E-state index in [9.17, 15) is 17.6 Å². The molecular formula is C12H26F4OSi2. The van der Waals surface area contributed by atoms with Gasteiger partial charge in [-0.05, 0) is 36.3 Å². The van der Waals surface area contributed by atoms with Gasteiger partial charge in [-0.1, -0.05) is 13.8 Å². The van der Waals surface area contributed by atoms with Crippen molar-refractivity contribution in [2.24, 2.45) is 0 Å². The predicted octanol–water partition coefficient (Wildman–Crippen LogP) is 4.81. The summed E-state index contributed by atoms with van der Waals surface area (Å²) in [6.07, 6.45) is 0. The molecule has 0 aromatic carbocycles. The van der Waals surface area contributed by atoms with E-state index in [1.807, 2.05) is 13.8 Å². The molecular weight excluding hydrogens is 292 g/mol. The molecule has 116 valence electrons. The Morgan fingerprint density at radius 2 is 0.895 bits per heavy atom. The number of alkyl halides is 4. The smallest absolute Gasteiger partial charge is 0.184 e. The first-order valence-electron chi connectivity index (χ1n) is 7.01. The summed E-state index contributed by atoms with van der Waals surface area (Å²) >= 11 is 0. The number of hydrogen-bond donors (Lipinski definition) is 0. The van der Waals surface area contributed by atoms with Gasteiger partial charge in [-0.3, -0.25) is 17.6 Å². The van der Waals surface area contributed by atoms with Crippen molar-refractivity contribution in [1.29, 1.82) is 0 Å². The van der Waals surface area contributed by atoms with Gasteiger partial charge in [0, 0.05) is 0 Å². The number of rotatable bonds is 12. The van der Waals surface area contributed by atoms with Crippen molar-refractivity contribution in [1.82, 2.24) is 0 Å². The molecule has 0 aliphatic heterocycles. The largest absolute Gasteiger partial charge is 0.454 e. The first kappa shape index (κ1) is 19.1. The summed E-state index contributed by atoms with van der Waals surface area (Å²) in [6.45, 7) is 1.58. The Labute approximate surface area is 116 Å². The number of halogens is 4. The van der Waals surface area contributed by atoms with Crippen molar-refractivity contribution in [3.8, 4) is 0 Å². The van der Waals surface area contributed by atoms with Gasteiger partial charge in [0.2, 0.25) is 0 Å². The zero-order valence-corrected chi connectivity index (χ0v) is 14.0. The van der Waals surface area contributed by atoms with Crippen LogP contribution in [0.3, 0.4) is 0 Å². The minimum Gasteiger partial charge on any atom is -0.454 e. The summed E-state index contributed by atoms with van der Waals surface area (Å²) in [5.41, 5.74) is 0. The molecule has 0 rings (SSSR count). The Morgan fingerprint density at radius 3 is 1.05 bits per heavy atom. The molecule has 0 aliphatic carbocycles. The number of hydrogen-bond acceptors (Lipinski definition) is 1. The Hall–Kier alpha value is 0.114. The molecule has 1 nitrogen and oxygen atoms in total. The molecule has 0 saturated carbocycles. The predicted molar refractivity (Wildman–Crippen MR) is 76.7 cm³/mol. The lowest BCUT2D eigenvalue weighted by atomic mass is 10.9. The fraction of sp³-hybridized carbons (Fsp3) is 1.00. The van der Waals surface area contributed by atoms with Crippen molar-refractivity contribution >= 4 is 16.6 Å². The van der Waals surface area contributed by atoms with Crippen LogP contribution in [-0.4, -0.2) is 43.3 Å². The van der Waals surface area contributed by atoms with Gasteiger partial charge in [-0.2, -0.15) is 0 Å². The third-order valence-corrected chi connectivity index (χ3v) is 14.4. The van der Waals surface area contributed by atoms with Crippen molar-refractivity contribution in [2.45, 2.75) is 50.1 Å². The summed E-state index contributed by atoms with van der Waals surface area (Å²) in [5.74, 6) is 0. The summed E-state index contributed by atoms with van der Waals surface area (Å²) in [7, 11) is -5.04. The first-order chi connectivity index (χ1) is 9.07. The molecule has 7 heteroatoms. The summed E-state index contributed by atoms with van der Waals surface area (Å²) in [4.78, 5) is 0. The van der Waals surface area contributed by atoms with Gasteiger partial charge in [0.05, 0.1) is 26.7 Å². The van der Waals surface area contributed by atoms with E-state index in [1.165, 1.54) is 0 Å². The van der Waals surface area contributed by atoms with Crippen LogP contribution in [0.15, 0.2) is 0 Å². The van der Waals surface area contributed by atoms with Crippen LogP contribution in [0.25, 0.3) is 0 Å². The molecule has 0 atom stereocenters. The fourth-order valence-electron chi connectivity index (χ4n) is 2.45. The lowest BCUT2D eigenvalue weighted by Gasteiger charge is -2.40.